The van der Waals surface area contributed by atoms with Crippen LogP contribution in [0.25, 0.3) is 0 Å². The van der Waals surface area contributed by atoms with E-state index in [1.54, 1.807) is 0 Å². The highest BCUT2D eigenvalue weighted by Gasteiger charge is 2.33. The van der Waals surface area contributed by atoms with Gasteiger partial charge in [0, 0.05) is 31.2 Å². The monoisotopic (exact) mass is 282 g/mol. The molecule has 0 amide bonds. The third-order valence-corrected chi connectivity index (χ3v) is 4.71. The van der Waals surface area contributed by atoms with Crippen molar-refractivity contribution in [3.05, 3.63) is 0 Å². The summed E-state index contributed by atoms with van der Waals surface area (Å²) in [5.41, 5.74) is 0.274. The van der Waals surface area contributed by atoms with E-state index in [4.69, 9.17) is 0 Å². The minimum Gasteiger partial charge on any atom is -0.309 e. The molecule has 0 radical (unpaired) electrons. The van der Waals surface area contributed by atoms with Crippen molar-refractivity contribution in [3.63, 3.8) is 0 Å². The molecule has 1 N–H and O–H groups in total. The summed E-state index contributed by atoms with van der Waals surface area (Å²) in [6.07, 6.45) is 6.79. The largest absolute Gasteiger partial charge is 0.309 e. The van der Waals surface area contributed by atoms with Crippen LogP contribution in [0.5, 0.6) is 0 Å². The number of hydrogen-bond donors (Lipinski definition) is 1. The minimum absolute atomic E-state index is 0.274. The van der Waals surface area contributed by atoms with Crippen molar-refractivity contribution in [2.75, 3.05) is 19.6 Å². The first-order valence-corrected chi connectivity index (χ1v) is 8.87. The number of nitrogens with zero attached hydrogens (tertiary/aromatic N) is 1. The van der Waals surface area contributed by atoms with Crippen LogP contribution in [-0.2, 0) is 0 Å². The van der Waals surface area contributed by atoms with Crippen LogP contribution in [0.4, 0.5) is 0 Å². The van der Waals surface area contributed by atoms with Gasteiger partial charge in [-0.05, 0) is 38.5 Å². The molecule has 0 saturated carbocycles. The summed E-state index contributed by atoms with van der Waals surface area (Å²) < 4.78 is 0. The van der Waals surface area contributed by atoms with E-state index in [9.17, 15) is 0 Å². The predicted molar refractivity (Wildman–Crippen MR) is 90.2 cm³/mol. The Labute approximate surface area is 127 Å². The van der Waals surface area contributed by atoms with Gasteiger partial charge in [0.05, 0.1) is 0 Å². The minimum atomic E-state index is 0.274. The fourth-order valence-corrected chi connectivity index (χ4v) is 3.46. The molecule has 0 aliphatic carbocycles. The molecule has 1 aliphatic rings. The third kappa shape index (κ3) is 6.13. The van der Waals surface area contributed by atoms with E-state index in [2.05, 4.69) is 51.8 Å². The third-order valence-electron chi connectivity index (χ3n) is 4.71. The highest BCUT2D eigenvalue weighted by molar-refractivity contribution is 4.93. The number of piperazine rings is 1. The van der Waals surface area contributed by atoms with Crippen LogP contribution in [0, 0.1) is 11.8 Å². The average molecular weight is 283 g/mol. The summed E-state index contributed by atoms with van der Waals surface area (Å²) in [6, 6.07) is 0.735. The Morgan fingerprint density at radius 2 is 1.95 bits per heavy atom. The Balaban J connectivity index is 2.62. The average Bonchev–Trinajstić information content (AvgIpc) is 2.36. The van der Waals surface area contributed by atoms with Gasteiger partial charge < -0.3 is 5.32 Å². The van der Waals surface area contributed by atoms with Crippen molar-refractivity contribution in [1.29, 1.82) is 0 Å². The Kier molecular flexibility index (Phi) is 7.53. The molecular weight excluding hydrogens is 244 g/mol. The molecule has 0 aromatic rings. The molecule has 0 spiro atoms. The molecule has 1 fully saturated rings. The van der Waals surface area contributed by atoms with E-state index >= 15 is 0 Å². The lowest BCUT2D eigenvalue weighted by Gasteiger charge is -2.46. The first kappa shape index (κ1) is 18.0. The SMILES string of the molecule is CCCCC(CC)CN1CC(C)(C)NCC1CC(C)C. The smallest absolute Gasteiger partial charge is 0.0252 e. The van der Waals surface area contributed by atoms with E-state index in [0.29, 0.717) is 0 Å². The lowest BCUT2D eigenvalue weighted by molar-refractivity contribution is 0.0653. The van der Waals surface area contributed by atoms with Crippen LogP contribution < -0.4 is 5.32 Å². The summed E-state index contributed by atoms with van der Waals surface area (Å²) in [6.45, 7) is 17.7. The van der Waals surface area contributed by atoms with Gasteiger partial charge in [-0.3, -0.25) is 4.90 Å². The van der Waals surface area contributed by atoms with E-state index in [-0.39, 0.29) is 5.54 Å². The first-order valence-electron chi connectivity index (χ1n) is 8.87. The zero-order valence-electron chi connectivity index (χ0n) is 14.8. The van der Waals surface area contributed by atoms with Crippen molar-refractivity contribution < 1.29 is 0 Å². The summed E-state index contributed by atoms with van der Waals surface area (Å²) >= 11 is 0. The summed E-state index contributed by atoms with van der Waals surface area (Å²) in [5.74, 6) is 1.68. The Bertz CT molecular complexity index is 260. The van der Waals surface area contributed by atoms with Gasteiger partial charge in [0.25, 0.3) is 0 Å². The Morgan fingerprint density at radius 1 is 1.25 bits per heavy atom. The summed E-state index contributed by atoms with van der Waals surface area (Å²) in [5, 5.41) is 3.74. The fraction of sp³-hybridized carbons (Fsp3) is 1.00. The molecule has 2 unspecified atom stereocenters. The fourth-order valence-electron chi connectivity index (χ4n) is 3.46. The van der Waals surface area contributed by atoms with Gasteiger partial charge in [-0.15, -0.1) is 0 Å². The second kappa shape index (κ2) is 8.38. The molecule has 1 heterocycles. The van der Waals surface area contributed by atoms with Crippen LogP contribution in [0.1, 0.15) is 73.6 Å². The van der Waals surface area contributed by atoms with Crippen LogP contribution in [0.15, 0.2) is 0 Å². The molecule has 1 rings (SSSR count). The van der Waals surface area contributed by atoms with Gasteiger partial charge in [-0.2, -0.15) is 0 Å². The summed E-state index contributed by atoms with van der Waals surface area (Å²) in [7, 11) is 0. The maximum atomic E-state index is 3.74. The van der Waals surface area contributed by atoms with E-state index in [0.717, 1.165) is 24.4 Å². The topological polar surface area (TPSA) is 15.3 Å². The molecule has 1 saturated heterocycles. The maximum absolute atomic E-state index is 3.74. The standard InChI is InChI=1S/C18H38N2/c1-7-9-10-16(8-2)13-20-14-18(5,6)19-12-17(20)11-15(3)4/h15-17,19H,7-14H2,1-6H3. The van der Waals surface area contributed by atoms with Crippen molar-refractivity contribution in [2.24, 2.45) is 11.8 Å². The molecule has 20 heavy (non-hydrogen) atoms. The van der Waals surface area contributed by atoms with Crippen molar-refractivity contribution >= 4 is 0 Å². The number of hydrogen-bond acceptors (Lipinski definition) is 2. The van der Waals surface area contributed by atoms with Gasteiger partial charge in [0.15, 0.2) is 0 Å². The van der Waals surface area contributed by atoms with Crippen LogP contribution >= 0.6 is 0 Å². The normalized spacial score (nSPS) is 25.1. The lowest BCUT2D eigenvalue weighted by atomic mass is 9.91. The zero-order chi connectivity index (χ0) is 15.2. The highest BCUT2D eigenvalue weighted by atomic mass is 15.2. The van der Waals surface area contributed by atoms with Crippen molar-refractivity contribution in [2.45, 2.75) is 85.2 Å². The van der Waals surface area contributed by atoms with Crippen molar-refractivity contribution in [1.82, 2.24) is 10.2 Å². The molecule has 1 aliphatic heterocycles. The van der Waals surface area contributed by atoms with Gasteiger partial charge >= 0.3 is 0 Å². The van der Waals surface area contributed by atoms with Crippen LogP contribution in [0.2, 0.25) is 0 Å². The lowest BCUT2D eigenvalue weighted by Crippen LogP contribution is -2.62. The molecule has 0 aromatic heterocycles. The zero-order valence-corrected chi connectivity index (χ0v) is 14.8. The Hall–Kier alpha value is -0.0800. The number of nitrogens with one attached hydrogen (secondary N) is 1. The number of rotatable bonds is 8. The Morgan fingerprint density at radius 3 is 2.50 bits per heavy atom. The molecule has 2 nitrogen and oxygen atoms in total. The molecule has 2 heteroatoms. The molecule has 120 valence electrons. The quantitative estimate of drug-likeness (QED) is 0.714. The van der Waals surface area contributed by atoms with Crippen LogP contribution in [0.3, 0.4) is 0 Å². The molecule has 0 aromatic carbocycles. The molecule has 2 atom stereocenters. The van der Waals surface area contributed by atoms with E-state index < -0.39 is 0 Å². The molecular formula is C18H38N2. The van der Waals surface area contributed by atoms with Crippen LogP contribution in [-0.4, -0.2) is 36.1 Å². The maximum Gasteiger partial charge on any atom is 0.0252 e. The summed E-state index contributed by atoms with van der Waals surface area (Å²) in [4.78, 5) is 2.79. The van der Waals surface area contributed by atoms with E-state index in [1.165, 1.54) is 45.2 Å². The second-order valence-electron chi connectivity index (χ2n) is 7.89. The van der Waals surface area contributed by atoms with Gasteiger partial charge in [-0.25, -0.2) is 0 Å². The first-order chi connectivity index (χ1) is 9.38. The van der Waals surface area contributed by atoms with Gasteiger partial charge in [0.2, 0.25) is 0 Å². The van der Waals surface area contributed by atoms with Gasteiger partial charge in [0.1, 0.15) is 0 Å². The number of unbranched alkanes of at least 4 members (excludes halogenated alkanes) is 1. The van der Waals surface area contributed by atoms with Gasteiger partial charge in [-0.1, -0.05) is 47.0 Å². The molecule has 0 bridgehead atoms. The second-order valence-corrected chi connectivity index (χ2v) is 7.89. The predicted octanol–water partition coefficient (Wildman–Crippen LogP) is 4.30. The van der Waals surface area contributed by atoms with Crippen molar-refractivity contribution in [3.8, 4) is 0 Å². The highest BCUT2D eigenvalue weighted by Crippen LogP contribution is 2.23. The van der Waals surface area contributed by atoms with E-state index in [1.807, 2.05) is 0 Å².